The standard InChI is InChI=1S/C26H28N4O2.ClH/c31-18-9-10-22-21(17-18)26(32)30-16-11-20-19-7-2-3-8-23(19)29(24(20)25(30)27-22)15-6-14-28-12-4-1-5-13-28;/h2-3,7-10,17,31H,1,4-6,11-16H2;1H. The lowest BCUT2D eigenvalue weighted by Gasteiger charge is -2.27. The Morgan fingerprint density at radius 2 is 1.76 bits per heavy atom. The maximum Gasteiger partial charge on any atom is 0.261 e. The first kappa shape index (κ1) is 22.0. The Morgan fingerprint density at radius 1 is 0.939 bits per heavy atom. The lowest BCUT2D eigenvalue weighted by Crippen LogP contribution is -2.31. The highest BCUT2D eigenvalue weighted by atomic mass is 35.5. The molecule has 0 amide bonds. The van der Waals surface area contributed by atoms with Crippen LogP contribution in [0.4, 0.5) is 0 Å². The molecule has 7 heteroatoms. The first-order valence-corrected chi connectivity index (χ1v) is 11.8. The minimum Gasteiger partial charge on any atom is -0.508 e. The topological polar surface area (TPSA) is 63.3 Å². The molecule has 0 aliphatic carbocycles. The van der Waals surface area contributed by atoms with Gasteiger partial charge < -0.3 is 14.6 Å². The molecule has 1 saturated heterocycles. The number of benzene rings is 2. The highest BCUT2D eigenvalue weighted by Gasteiger charge is 2.27. The SMILES string of the molecule is Cl.O=c1c2cc(O)ccc2nc2n1CCc1c-2n(CCCN2CCCCC2)c2ccccc12. The van der Waals surface area contributed by atoms with Crippen LogP contribution in [-0.2, 0) is 19.5 Å². The minimum absolute atomic E-state index is 0. The molecule has 6 rings (SSSR count). The Bertz CT molecular complexity index is 1380. The van der Waals surface area contributed by atoms with E-state index >= 15 is 0 Å². The molecule has 1 N–H and O–H groups in total. The van der Waals surface area contributed by atoms with E-state index < -0.39 is 0 Å². The molecule has 0 atom stereocenters. The van der Waals surface area contributed by atoms with Crippen LogP contribution in [0, 0.1) is 0 Å². The molecular weight excluding hydrogens is 436 g/mol. The third kappa shape index (κ3) is 3.71. The van der Waals surface area contributed by atoms with Crippen LogP contribution in [0.5, 0.6) is 5.75 Å². The summed E-state index contributed by atoms with van der Waals surface area (Å²) >= 11 is 0. The van der Waals surface area contributed by atoms with Crippen LogP contribution in [0.1, 0.15) is 31.2 Å². The van der Waals surface area contributed by atoms with Crippen LogP contribution in [0.2, 0.25) is 0 Å². The van der Waals surface area contributed by atoms with Crippen LogP contribution < -0.4 is 5.56 Å². The molecule has 1 fully saturated rings. The average molecular weight is 465 g/mol. The average Bonchev–Trinajstić information content (AvgIpc) is 3.15. The molecule has 2 aromatic heterocycles. The van der Waals surface area contributed by atoms with Crippen LogP contribution >= 0.6 is 12.4 Å². The lowest BCUT2D eigenvalue weighted by atomic mass is 10.0. The van der Waals surface area contributed by atoms with E-state index in [0.717, 1.165) is 37.4 Å². The van der Waals surface area contributed by atoms with E-state index in [1.807, 2.05) is 0 Å². The number of hydrogen-bond acceptors (Lipinski definition) is 4. The van der Waals surface area contributed by atoms with Gasteiger partial charge in [0.25, 0.3) is 5.56 Å². The monoisotopic (exact) mass is 464 g/mol. The summed E-state index contributed by atoms with van der Waals surface area (Å²) in [6.45, 7) is 5.06. The Morgan fingerprint density at radius 3 is 2.61 bits per heavy atom. The summed E-state index contributed by atoms with van der Waals surface area (Å²) in [5.41, 5.74) is 4.17. The van der Waals surface area contributed by atoms with E-state index in [4.69, 9.17) is 4.98 Å². The third-order valence-corrected chi connectivity index (χ3v) is 7.12. The lowest BCUT2D eigenvalue weighted by molar-refractivity contribution is 0.223. The smallest absolute Gasteiger partial charge is 0.261 e. The maximum absolute atomic E-state index is 13.3. The van der Waals surface area contributed by atoms with Crippen LogP contribution in [0.15, 0.2) is 47.3 Å². The Labute approximate surface area is 198 Å². The van der Waals surface area contributed by atoms with Crippen LogP contribution in [0.25, 0.3) is 33.3 Å². The second kappa shape index (κ2) is 8.84. The van der Waals surface area contributed by atoms with Gasteiger partial charge in [0, 0.05) is 24.0 Å². The van der Waals surface area contributed by atoms with Gasteiger partial charge in [-0.1, -0.05) is 24.6 Å². The van der Waals surface area contributed by atoms with Gasteiger partial charge in [-0.05, 0) is 75.1 Å². The second-order valence-corrected chi connectivity index (χ2v) is 9.10. The van der Waals surface area contributed by atoms with Gasteiger partial charge >= 0.3 is 0 Å². The van der Waals surface area contributed by atoms with Gasteiger partial charge in [-0.2, -0.15) is 0 Å². The zero-order chi connectivity index (χ0) is 21.7. The predicted molar refractivity (Wildman–Crippen MR) is 134 cm³/mol. The number of phenolic OH excluding ortho intramolecular Hbond substituents is 1. The zero-order valence-electron chi connectivity index (χ0n) is 18.7. The summed E-state index contributed by atoms with van der Waals surface area (Å²) in [7, 11) is 0. The molecule has 0 unspecified atom stereocenters. The largest absolute Gasteiger partial charge is 0.508 e. The number of rotatable bonds is 4. The first-order valence-electron chi connectivity index (χ1n) is 11.8. The Hall–Kier alpha value is -2.83. The summed E-state index contributed by atoms with van der Waals surface area (Å²) in [6, 6.07) is 13.5. The minimum atomic E-state index is -0.0725. The number of piperidine rings is 1. The van der Waals surface area contributed by atoms with Crippen molar-refractivity contribution in [2.24, 2.45) is 0 Å². The fourth-order valence-electron chi connectivity index (χ4n) is 5.57. The van der Waals surface area contributed by atoms with E-state index in [9.17, 15) is 9.90 Å². The van der Waals surface area contributed by atoms with E-state index in [1.165, 1.54) is 54.9 Å². The Kier molecular flexibility index (Phi) is 5.89. The first-order chi connectivity index (χ1) is 15.7. The van der Waals surface area contributed by atoms with Crippen molar-refractivity contribution < 1.29 is 5.11 Å². The third-order valence-electron chi connectivity index (χ3n) is 7.12. The summed E-state index contributed by atoms with van der Waals surface area (Å²) in [6.07, 6.45) is 5.87. The van der Waals surface area contributed by atoms with Crippen molar-refractivity contribution in [3.05, 3.63) is 58.4 Å². The second-order valence-electron chi connectivity index (χ2n) is 9.10. The predicted octanol–water partition coefficient (Wildman–Crippen LogP) is 4.58. The summed E-state index contributed by atoms with van der Waals surface area (Å²) in [5.74, 6) is 0.851. The van der Waals surface area contributed by atoms with Crippen molar-refractivity contribution in [2.45, 2.75) is 45.2 Å². The molecule has 172 valence electrons. The van der Waals surface area contributed by atoms with Gasteiger partial charge in [0.15, 0.2) is 5.82 Å². The van der Waals surface area contributed by atoms with Gasteiger partial charge in [-0.3, -0.25) is 9.36 Å². The number of halogens is 1. The van der Waals surface area contributed by atoms with Gasteiger partial charge in [-0.15, -0.1) is 12.4 Å². The fourth-order valence-corrected chi connectivity index (χ4v) is 5.57. The normalized spacial score (nSPS) is 15.9. The van der Waals surface area contributed by atoms with Gasteiger partial charge in [0.1, 0.15) is 5.75 Å². The fraction of sp³-hybridized carbons (Fsp3) is 0.385. The Balaban J connectivity index is 0.00000228. The number of para-hydroxylation sites is 1. The molecule has 6 nitrogen and oxygen atoms in total. The van der Waals surface area contributed by atoms with Crippen molar-refractivity contribution in [1.29, 1.82) is 0 Å². The molecule has 0 saturated carbocycles. The molecule has 4 heterocycles. The molecule has 2 aromatic carbocycles. The van der Waals surface area contributed by atoms with Gasteiger partial charge in [0.2, 0.25) is 0 Å². The highest BCUT2D eigenvalue weighted by molar-refractivity contribution is 5.92. The molecule has 0 radical (unpaired) electrons. The zero-order valence-corrected chi connectivity index (χ0v) is 19.5. The number of fused-ring (bicyclic) bond motifs is 6. The summed E-state index contributed by atoms with van der Waals surface area (Å²) in [5, 5.41) is 11.6. The van der Waals surface area contributed by atoms with Gasteiger partial charge in [-0.25, -0.2) is 4.98 Å². The van der Waals surface area contributed by atoms with Crippen molar-refractivity contribution in [1.82, 2.24) is 19.0 Å². The van der Waals surface area contributed by atoms with Crippen LogP contribution in [-0.4, -0.2) is 43.8 Å². The molecule has 2 aliphatic rings. The number of likely N-dealkylation sites (tertiary alicyclic amines) is 1. The number of hydrogen-bond donors (Lipinski definition) is 1. The van der Waals surface area contributed by atoms with Crippen molar-refractivity contribution >= 4 is 34.2 Å². The number of phenols is 1. The summed E-state index contributed by atoms with van der Waals surface area (Å²) < 4.78 is 4.18. The van der Waals surface area contributed by atoms with E-state index in [0.29, 0.717) is 17.4 Å². The van der Waals surface area contributed by atoms with E-state index in [2.05, 4.69) is 33.7 Å². The van der Waals surface area contributed by atoms with Crippen molar-refractivity contribution in [3.8, 4) is 17.3 Å². The van der Waals surface area contributed by atoms with Crippen LogP contribution in [0.3, 0.4) is 0 Å². The molecule has 4 aromatic rings. The maximum atomic E-state index is 13.3. The van der Waals surface area contributed by atoms with E-state index in [-0.39, 0.29) is 23.7 Å². The number of aromatic nitrogens is 3. The number of aryl methyl sites for hydroxylation is 2. The molecule has 2 aliphatic heterocycles. The molecule has 33 heavy (non-hydrogen) atoms. The number of nitrogens with zero attached hydrogens (tertiary/aromatic N) is 4. The van der Waals surface area contributed by atoms with Gasteiger partial charge in [0.05, 0.1) is 16.6 Å². The molecule has 0 spiro atoms. The molecular formula is C26H29ClN4O2. The van der Waals surface area contributed by atoms with E-state index in [1.54, 1.807) is 16.7 Å². The summed E-state index contributed by atoms with van der Waals surface area (Å²) in [4.78, 5) is 20.8. The van der Waals surface area contributed by atoms with Crippen molar-refractivity contribution in [2.75, 3.05) is 19.6 Å². The quantitative estimate of drug-likeness (QED) is 0.480. The highest BCUT2D eigenvalue weighted by Crippen LogP contribution is 2.37. The number of aromatic hydroxyl groups is 1. The van der Waals surface area contributed by atoms with Crippen molar-refractivity contribution in [3.63, 3.8) is 0 Å². The molecule has 0 bridgehead atoms.